The van der Waals surface area contributed by atoms with E-state index in [1.165, 1.54) is 0 Å². The molecule has 2 aromatic carbocycles. The zero-order valence-corrected chi connectivity index (χ0v) is 21.6. The van der Waals surface area contributed by atoms with E-state index in [4.69, 9.17) is 14.1 Å². The number of aromatic nitrogens is 3. The molecule has 40 heavy (non-hydrogen) atoms. The van der Waals surface area contributed by atoms with Gasteiger partial charge in [-0.1, -0.05) is 71.0 Å². The molecule has 1 N–H and O–H groups in total. The maximum absolute atomic E-state index is 13.6. The fourth-order valence-corrected chi connectivity index (χ4v) is 6.06. The molecule has 3 atom stereocenters. The lowest BCUT2D eigenvalue weighted by atomic mass is 9.96. The van der Waals surface area contributed by atoms with Gasteiger partial charge in [0, 0.05) is 24.1 Å². The molecular formula is C27H21F3N6O3S. The Hall–Kier alpha value is -4.10. The van der Waals surface area contributed by atoms with E-state index in [9.17, 15) is 18.0 Å². The van der Waals surface area contributed by atoms with Crippen molar-refractivity contribution in [2.45, 2.75) is 37.3 Å². The molecule has 1 saturated carbocycles. The third kappa shape index (κ3) is 4.54. The summed E-state index contributed by atoms with van der Waals surface area (Å²) in [6.45, 7) is 0.839. The van der Waals surface area contributed by atoms with Gasteiger partial charge in [-0.05, 0) is 12.0 Å². The molecule has 0 spiro atoms. The van der Waals surface area contributed by atoms with E-state index in [0.29, 0.717) is 35.2 Å². The van der Waals surface area contributed by atoms with Crippen LogP contribution in [0.1, 0.15) is 28.1 Å². The SMILES string of the molecule is O=C1Cc2ccccc2C(c2ccccc2)=N[C@H]1Nc1nnc(-c2nc(C(F)(F)F)sc2N2CCO[C@@H]3C[C@@H]32)o1. The van der Waals surface area contributed by atoms with E-state index in [-0.39, 0.29) is 41.9 Å². The van der Waals surface area contributed by atoms with Crippen molar-refractivity contribution < 1.29 is 27.1 Å². The number of benzene rings is 2. The summed E-state index contributed by atoms with van der Waals surface area (Å²) in [5.41, 5.74) is 3.09. The van der Waals surface area contributed by atoms with Crippen LogP contribution in [0.2, 0.25) is 0 Å². The number of rotatable bonds is 5. The molecule has 13 heteroatoms. The third-order valence-corrected chi connectivity index (χ3v) is 8.15. The minimum atomic E-state index is -4.63. The lowest BCUT2D eigenvalue weighted by Crippen LogP contribution is -2.36. The van der Waals surface area contributed by atoms with Gasteiger partial charge in [0.2, 0.25) is 5.01 Å². The van der Waals surface area contributed by atoms with Gasteiger partial charge in [0.25, 0.3) is 5.89 Å². The molecule has 204 valence electrons. The number of alkyl halides is 3. The van der Waals surface area contributed by atoms with Gasteiger partial charge in [0.1, 0.15) is 5.00 Å². The number of halogens is 3. The maximum Gasteiger partial charge on any atom is 0.443 e. The van der Waals surface area contributed by atoms with Crippen LogP contribution in [-0.2, 0) is 22.1 Å². The summed E-state index contributed by atoms with van der Waals surface area (Å²) in [7, 11) is 0. The van der Waals surface area contributed by atoms with Crippen molar-refractivity contribution in [2.75, 3.05) is 23.4 Å². The lowest BCUT2D eigenvalue weighted by Gasteiger charge is -2.27. The summed E-state index contributed by atoms with van der Waals surface area (Å²) in [6.07, 6.45) is -4.82. The first-order valence-corrected chi connectivity index (χ1v) is 13.5. The van der Waals surface area contributed by atoms with Crippen molar-refractivity contribution >= 4 is 33.8 Å². The van der Waals surface area contributed by atoms with Crippen LogP contribution in [0, 0.1) is 0 Å². The smallest absolute Gasteiger partial charge is 0.402 e. The average molecular weight is 567 g/mol. The second kappa shape index (κ2) is 9.52. The summed E-state index contributed by atoms with van der Waals surface area (Å²) in [6, 6.07) is 16.9. The van der Waals surface area contributed by atoms with E-state index in [1.807, 2.05) is 59.5 Å². The van der Waals surface area contributed by atoms with Crippen LogP contribution < -0.4 is 10.2 Å². The molecule has 7 rings (SSSR count). The second-order valence-electron chi connectivity index (χ2n) is 9.68. The number of nitrogens with zero attached hydrogens (tertiary/aromatic N) is 5. The largest absolute Gasteiger partial charge is 0.443 e. The fourth-order valence-electron chi connectivity index (χ4n) is 5.05. The van der Waals surface area contributed by atoms with Gasteiger partial charge in [0.15, 0.2) is 17.6 Å². The summed E-state index contributed by atoms with van der Waals surface area (Å²) >= 11 is 0.547. The highest BCUT2D eigenvalue weighted by molar-refractivity contribution is 7.16. The molecular weight excluding hydrogens is 545 g/mol. The van der Waals surface area contributed by atoms with Crippen LogP contribution in [0.5, 0.6) is 0 Å². The number of hydrogen-bond donors (Lipinski definition) is 1. The highest BCUT2D eigenvalue weighted by atomic mass is 32.1. The zero-order chi connectivity index (χ0) is 27.4. The summed E-state index contributed by atoms with van der Waals surface area (Å²) in [5.74, 6) is -0.399. The monoisotopic (exact) mass is 566 g/mol. The van der Waals surface area contributed by atoms with Gasteiger partial charge in [-0.25, -0.2) is 4.98 Å². The van der Waals surface area contributed by atoms with Crippen LogP contribution in [0.3, 0.4) is 0 Å². The zero-order valence-electron chi connectivity index (χ0n) is 20.8. The van der Waals surface area contributed by atoms with Crippen LogP contribution >= 0.6 is 11.3 Å². The first kappa shape index (κ1) is 24.9. The number of hydrogen-bond acceptors (Lipinski definition) is 10. The Morgan fingerprint density at radius 1 is 1.05 bits per heavy atom. The maximum atomic E-state index is 13.6. The lowest BCUT2D eigenvalue weighted by molar-refractivity contribution is -0.137. The molecule has 0 unspecified atom stereocenters. The summed E-state index contributed by atoms with van der Waals surface area (Å²) in [5, 5.41) is 10.2. The average Bonchev–Trinajstić information content (AvgIpc) is 3.42. The number of carbonyl (C=O) groups excluding carboxylic acids is 1. The minimum Gasteiger partial charge on any atom is -0.402 e. The Kier molecular flexibility index (Phi) is 5.93. The first-order chi connectivity index (χ1) is 19.3. The van der Waals surface area contributed by atoms with Gasteiger partial charge in [-0.2, -0.15) is 13.2 Å². The van der Waals surface area contributed by atoms with E-state index in [0.717, 1.165) is 23.1 Å². The van der Waals surface area contributed by atoms with Crippen molar-refractivity contribution in [1.29, 1.82) is 0 Å². The molecule has 2 aliphatic heterocycles. The van der Waals surface area contributed by atoms with E-state index < -0.39 is 17.3 Å². The molecule has 0 bridgehead atoms. The molecule has 1 saturated heterocycles. The number of Topliss-reactive ketones (excluding diaryl/α,β-unsaturated/α-hetero) is 1. The molecule has 2 fully saturated rings. The standard InChI is InChI=1S/C27H21F3N6O3S/c28-27(29,30)25-32-21(24(40-25)36-10-11-38-19-13-17(19)36)23-34-35-26(39-23)33-22-18(37)12-15-8-4-5-9-16(15)20(31-22)14-6-2-1-3-7-14/h1-9,17,19,22H,10-13H2,(H,33,35)/t17-,19+,22-/m0/s1. The van der Waals surface area contributed by atoms with Gasteiger partial charge >= 0.3 is 12.2 Å². The van der Waals surface area contributed by atoms with E-state index >= 15 is 0 Å². The van der Waals surface area contributed by atoms with Crippen molar-refractivity contribution in [1.82, 2.24) is 15.2 Å². The van der Waals surface area contributed by atoms with Crippen LogP contribution in [0.4, 0.5) is 24.2 Å². The van der Waals surface area contributed by atoms with Crippen molar-refractivity contribution in [2.24, 2.45) is 4.99 Å². The molecule has 0 radical (unpaired) electrons. The minimum absolute atomic E-state index is 0.00000627. The fraction of sp³-hybridized carbons (Fsp3) is 0.296. The second-order valence-corrected chi connectivity index (χ2v) is 10.7. The number of carbonyl (C=O) groups is 1. The number of morpholine rings is 1. The quantitative estimate of drug-likeness (QED) is 0.374. The number of thiazole rings is 1. The highest BCUT2D eigenvalue weighted by Crippen LogP contribution is 2.47. The molecule has 9 nitrogen and oxygen atoms in total. The number of aliphatic imine (C=N–C) groups is 1. The topological polar surface area (TPSA) is 106 Å². The molecule has 4 heterocycles. The molecule has 1 aliphatic carbocycles. The van der Waals surface area contributed by atoms with Gasteiger partial charge in [-0.15, -0.1) is 5.10 Å². The normalized spacial score (nSPS) is 22.3. The Morgan fingerprint density at radius 2 is 1.85 bits per heavy atom. The Balaban J connectivity index is 1.22. The van der Waals surface area contributed by atoms with Gasteiger partial charge in [-0.3, -0.25) is 9.79 Å². The Bertz CT molecular complexity index is 1620. The van der Waals surface area contributed by atoms with Crippen molar-refractivity contribution in [3.05, 3.63) is 76.3 Å². The van der Waals surface area contributed by atoms with Crippen molar-refractivity contribution in [3.63, 3.8) is 0 Å². The molecule has 4 aromatic rings. The number of nitrogens with one attached hydrogen (secondary N) is 1. The van der Waals surface area contributed by atoms with E-state index in [1.54, 1.807) is 0 Å². The summed E-state index contributed by atoms with van der Waals surface area (Å²) < 4.78 is 52.3. The van der Waals surface area contributed by atoms with Crippen LogP contribution in [-0.4, -0.2) is 58.1 Å². The van der Waals surface area contributed by atoms with Crippen LogP contribution in [0.15, 0.2) is 64.0 Å². The number of anilines is 2. The number of fused-ring (bicyclic) bond motifs is 2. The number of ketones is 1. The van der Waals surface area contributed by atoms with Crippen LogP contribution in [0.25, 0.3) is 11.6 Å². The van der Waals surface area contributed by atoms with Crippen molar-refractivity contribution in [3.8, 4) is 11.6 Å². The molecule has 3 aliphatic rings. The molecule has 0 amide bonds. The molecule has 2 aromatic heterocycles. The Morgan fingerprint density at radius 3 is 2.67 bits per heavy atom. The predicted molar refractivity (Wildman–Crippen MR) is 141 cm³/mol. The Labute approximate surface area is 229 Å². The number of ether oxygens (including phenoxy) is 1. The summed E-state index contributed by atoms with van der Waals surface area (Å²) in [4.78, 5) is 23.7. The van der Waals surface area contributed by atoms with E-state index in [2.05, 4.69) is 20.5 Å². The highest BCUT2D eigenvalue weighted by Gasteiger charge is 2.48. The predicted octanol–water partition coefficient (Wildman–Crippen LogP) is 4.59. The van der Waals surface area contributed by atoms with Gasteiger partial charge in [0.05, 0.1) is 24.5 Å². The third-order valence-electron chi connectivity index (χ3n) is 7.01. The van der Waals surface area contributed by atoms with Gasteiger partial charge < -0.3 is 19.4 Å². The first-order valence-electron chi connectivity index (χ1n) is 12.7.